The molecule has 26 heavy (non-hydrogen) atoms. The molecule has 0 aliphatic carbocycles. The lowest BCUT2D eigenvalue weighted by atomic mass is 9.98. The van der Waals surface area contributed by atoms with Gasteiger partial charge in [-0.15, -0.1) is 0 Å². The van der Waals surface area contributed by atoms with E-state index < -0.39 is 9.84 Å². The zero-order chi connectivity index (χ0) is 18.7. The van der Waals surface area contributed by atoms with Crippen molar-refractivity contribution >= 4 is 21.1 Å². The fourth-order valence-corrected chi connectivity index (χ4v) is 4.56. The van der Waals surface area contributed by atoms with Crippen LogP contribution in [0.4, 0.5) is 10.1 Å². The molecule has 3 rings (SSSR count). The third-order valence-electron chi connectivity index (χ3n) is 4.69. The second kappa shape index (κ2) is 7.62. The molecule has 0 saturated carbocycles. The molecule has 0 fully saturated rings. The number of hydrogen-bond donors (Lipinski definition) is 0. The molecule has 0 N–H and O–H groups in total. The van der Waals surface area contributed by atoms with Crippen molar-refractivity contribution in [1.82, 2.24) is 5.32 Å². The zero-order valence-electron chi connectivity index (χ0n) is 15.1. The molecule has 0 saturated heterocycles. The van der Waals surface area contributed by atoms with Crippen molar-refractivity contribution in [3.63, 3.8) is 0 Å². The quantitative estimate of drug-likeness (QED) is 0.641. The number of halogens is 1. The summed E-state index contributed by atoms with van der Waals surface area (Å²) in [5, 5.41) is 4.49. The summed E-state index contributed by atoms with van der Waals surface area (Å²) in [5.74, 6) is -0.0876. The molecule has 137 valence electrons. The summed E-state index contributed by atoms with van der Waals surface area (Å²) in [6.45, 7) is 3.97. The van der Waals surface area contributed by atoms with Gasteiger partial charge in [-0.25, -0.2) is 12.8 Å². The van der Waals surface area contributed by atoms with E-state index >= 15 is 0 Å². The maximum Gasteiger partial charge on any atom is 0.178 e. The van der Waals surface area contributed by atoms with Crippen LogP contribution < -0.4 is 5.32 Å². The second-order valence-electron chi connectivity index (χ2n) is 6.68. The van der Waals surface area contributed by atoms with E-state index in [1.807, 2.05) is 19.1 Å². The predicted octanol–water partition coefficient (Wildman–Crippen LogP) is 5.01. The Hall–Kier alpha value is -2.14. The van der Waals surface area contributed by atoms with E-state index in [1.54, 1.807) is 18.2 Å². The van der Waals surface area contributed by atoms with Gasteiger partial charge < -0.3 is 0 Å². The fraction of sp³-hybridized carbons (Fsp3) is 0.333. The molecule has 1 heterocycles. The van der Waals surface area contributed by atoms with Crippen LogP contribution in [0.5, 0.6) is 0 Å². The maximum atomic E-state index is 13.6. The number of nitrogens with zero attached hydrogens (tertiary/aromatic N) is 1. The molecule has 1 radical (unpaired) electrons. The highest BCUT2D eigenvalue weighted by Crippen LogP contribution is 2.36. The van der Waals surface area contributed by atoms with Crippen LogP contribution in [0.3, 0.4) is 0 Å². The molecule has 2 aromatic rings. The van der Waals surface area contributed by atoms with Gasteiger partial charge in [-0.05, 0) is 61.2 Å². The van der Waals surface area contributed by atoms with E-state index in [2.05, 4.69) is 12.2 Å². The van der Waals surface area contributed by atoms with Crippen LogP contribution in [0.15, 0.2) is 53.1 Å². The highest BCUT2D eigenvalue weighted by Gasteiger charge is 2.21. The molecular weight excluding hydrogens is 349 g/mol. The van der Waals surface area contributed by atoms with Gasteiger partial charge in [0.05, 0.1) is 16.3 Å². The van der Waals surface area contributed by atoms with E-state index in [4.69, 9.17) is 0 Å². The lowest BCUT2D eigenvalue weighted by molar-refractivity contribution is 0.591. The normalized spacial score (nSPS) is 13.7. The molecular formula is C21H23FNO2S. The van der Waals surface area contributed by atoms with Crippen LogP contribution in [-0.2, 0) is 16.3 Å². The lowest BCUT2D eigenvalue weighted by Crippen LogP contribution is -2.06. The van der Waals surface area contributed by atoms with Crippen molar-refractivity contribution in [3.8, 4) is 0 Å². The van der Waals surface area contributed by atoms with Gasteiger partial charge in [-0.2, -0.15) is 0 Å². The first kappa shape index (κ1) is 18.6. The van der Waals surface area contributed by atoms with Crippen LogP contribution in [0, 0.1) is 5.82 Å². The van der Waals surface area contributed by atoms with Crippen molar-refractivity contribution < 1.29 is 12.8 Å². The molecule has 1 aliphatic heterocycles. The van der Waals surface area contributed by atoms with E-state index in [9.17, 15) is 12.8 Å². The minimum Gasteiger partial charge on any atom is -0.253 e. The fourth-order valence-electron chi connectivity index (χ4n) is 3.19. The Bertz CT molecular complexity index is 931. The molecule has 5 heteroatoms. The topological polar surface area (TPSA) is 48.2 Å². The summed E-state index contributed by atoms with van der Waals surface area (Å²) in [7, 11) is -3.22. The number of allylic oxidation sites excluding steroid dienone is 2. The molecule has 0 bridgehead atoms. The first-order valence-corrected chi connectivity index (χ1v) is 10.6. The Morgan fingerprint density at radius 2 is 1.77 bits per heavy atom. The van der Waals surface area contributed by atoms with Crippen LogP contribution in [-0.4, -0.2) is 14.2 Å². The van der Waals surface area contributed by atoms with Gasteiger partial charge in [0, 0.05) is 11.3 Å². The standard InChI is InChI=1S/C21H23FNO2S/c1-3-4-5-12-26(24,25)18-9-6-16(7-10-18)13-19-15(2)23-21-11-8-17(22)14-20(19)21/h6-11,14H,3-5,12-13H2,1-2H3. The average Bonchev–Trinajstić information content (AvgIpc) is 2.91. The van der Waals surface area contributed by atoms with Gasteiger partial charge >= 0.3 is 0 Å². The summed E-state index contributed by atoms with van der Waals surface area (Å²) in [6, 6.07) is 11.6. The monoisotopic (exact) mass is 372 g/mol. The van der Waals surface area contributed by atoms with E-state index in [-0.39, 0.29) is 11.6 Å². The largest absolute Gasteiger partial charge is 0.253 e. The van der Waals surface area contributed by atoms with E-state index in [0.29, 0.717) is 17.7 Å². The third kappa shape index (κ3) is 3.98. The first-order valence-electron chi connectivity index (χ1n) is 8.94. The molecule has 3 nitrogen and oxygen atoms in total. The number of unbranched alkanes of at least 4 members (excludes halogenated alkanes) is 2. The van der Waals surface area contributed by atoms with Gasteiger partial charge in [0.2, 0.25) is 0 Å². The summed E-state index contributed by atoms with van der Waals surface area (Å²) >= 11 is 0. The smallest absolute Gasteiger partial charge is 0.178 e. The summed E-state index contributed by atoms with van der Waals surface area (Å²) < 4.78 is 38.3. The van der Waals surface area contributed by atoms with Crippen LogP contribution in [0.25, 0.3) is 5.57 Å². The number of hydrogen-bond acceptors (Lipinski definition) is 2. The molecule has 0 aromatic heterocycles. The Morgan fingerprint density at radius 1 is 1.04 bits per heavy atom. The Balaban J connectivity index is 1.77. The number of fused-ring (bicyclic) bond motifs is 1. The summed E-state index contributed by atoms with van der Waals surface area (Å²) in [5.41, 5.74) is 4.45. The van der Waals surface area contributed by atoms with Gasteiger partial charge in [-0.1, -0.05) is 31.9 Å². The molecule has 0 spiro atoms. The van der Waals surface area contributed by atoms with Gasteiger partial charge in [-0.3, -0.25) is 5.32 Å². The van der Waals surface area contributed by atoms with Crippen LogP contribution >= 0.6 is 0 Å². The van der Waals surface area contributed by atoms with Crippen LogP contribution in [0.1, 0.15) is 44.2 Å². The molecule has 0 unspecified atom stereocenters. The van der Waals surface area contributed by atoms with Gasteiger partial charge in [0.25, 0.3) is 0 Å². The average molecular weight is 372 g/mol. The summed E-state index contributed by atoms with van der Waals surface area (Å²) in [4.78, 5) is 0.366. The van der Waals surface area contributed by atoms with Crippen molar-refractivity contribution in [2.45, 2.75) is 44.4 Å². The van der Waals surface area contributed by atoms with Gasteiger partial charge in [0.1, 0.15) is 5.82 Å². The molecule has 0 amide bonds. The highest BCUT2D eigenvalue weighted by molar-refractivity contribution is 7.91. The number of sulfone groups is 1. The SMILES string of the molecule is CCCCCS(=O)(=O)c1ccc(CC2=C(C)[N]c3ccc(F)cc32)cc1. The Labute approximate surface area is 154 Å². The number of rotatable bonds is 7. The third-order valence-corrected chi connectivity index (χ3v) is 6.51. The van der Waals surface area contributed by atoms with Crippen molar-refractivity contribution in [3.05, 3.63) is 65.1 Å². The van der Waals surface area contributed by atoms with Gasteiger partial charge in [0.15, 0.2) is 9.84 Å². The van der Waals surface area contributed by atoms with Crippen molar-refractivity contribution in [2.24, 2.45) is 0 Å². The minimum atomic E-state index is -3.22. The predicted molar refractivity (Wildman–Crippen MR) is 103 cm³/mol. The van der Waals surface area contributed by atoms with E-state index in [1.165, 1.54) is 12.1 Å². The minimum absolute atomic E-state index is 0.190. The lowest BCUT2D eigenvalue weighted by Gasteiger charge is -2.08. The zero-order valence-corrected chi connectivity index (χ0v) is 15.9. The molecule has 2 aromatic carbocycles. The molecule has 1 aliphatic rings. The Morgan fingerprint density at radius 3 is 2.46 bits per heavy atom. The second-order valence-corrected chi connectivity index (χ2v) is 8.79. The molecule has 0 atom stereocenters. The Kier molecular flexibility index (Phi) is 5.47. The number of benzene rings is 2. The maximum absolute atomic E-state index is 13.6. The van der Waals surface area contributed by atoms with Crippen molar-refractivity contribution in [2.75, 3.05) is 5.75 Å². The van der Waals surface area contributed by atoms with Crippen molar-refractivity contribution in [1.29, 1.82) is 0 Å². The first-order chi connectivity index (χ1) is 12.4. The summed E-state index contributed by atoms with van der Waals surface area (Å²) in [6.07, 6.45) is 3.21. The highest BCUT2D eigenvalue weighted by atomic mass is 32.2. The van der Waals surface area contributed by atoms with E-state index in [0.717, 1.165) is 40.9 Å². The van der Waals surface area contributed by atoms with Crippen LogP contribution in [0.2, 0.25) is 0 Å².